The van der Waals surface area contributed by atoms with Gasteiger partial charge in [0, 0.05) is 5.92 Å². The summed E-state index contributed by atoms with van der Waals surface area (Å²) in [7, 11) is 0. The lowest BCUT2D eigenvalue weighted by molar-refractivity contribution is -0.112. The number of hydrogen-bond donors (Lipinski definition) is 0. The van der Waals surface area contributed by atoms with Crippen LogP contribution in [0.2, 0.25) is 0 Å². The Bertz CT molecular complexity index is 273. The Balaban J connectivity index is 1.50. The Morgan fingerprint density at radius 2 is 1.50 bits per heavy atom. The second kappa shape index (κ2) is 8.85. The molecule has 0 heterocycles. The Morgan fingerprint density at radius 1 is 0.850 bits per heavy atom. The van der Waals surface area contributed by atoms with Crippen molar-refractivity contribution in [2.75, 3.05) is 0 Å². The van der Waals surface area contributed by atoms with E-state index in [4.69, 9.17) is 0 Å². The molecule has 0 aliphatic heterocycles. The first-order chi connectivity index (χ1) is 9.78. The van der Waals surface area contributed by atoms with Crippen molar-refractivity contribution in [3.05, 3.63) is 0 Å². The largest absolute Gasteiger partial charge is 0.303 e. The van der Waals surface area contributed by atoms with Gasteiger partial charge in [-0.25, -0.2) is 0 Å². The zero-order chi connectivity index (χ0) is 14.2. The third kappa shape index (κ3) is 5.58. The zero-order valence-electron chi connectivity index (χ0n) is 13.5. The van der Waals surface area contributed by atoms with Crippen LogP contribution in [0.4, 0.5) is 0 Å². The van der Waals surface area contributed by atoms with E-state index in [0.29, 0.717) is 5.92 Å². The second-order valence-electron chi connectivity index (χ2n) is 7.70. The van der Waals surface area contributed by atoms with E-state index in [0.717, 1.165) is 24.2 Å². The number of carbonyl (C=O) groups is 1. The molecule has 4 unspecified atom stereocenters. The first kappa shape index (κ1) is 16.0. The molecule has 2 aliphatic rings. The Morgan fingerprint density at radius 3 is 2.15 bits per heavy atom. The van der Waals surface area contributed by atoms with Crippen molar-refractivity contribution in [2.24, 2.45) is 23.7 Å². The van der Waals surface area contributed by atoms with Crippen LogP contribution in [-0.4, -0.2) is 6.29 Å². The molecule has 0 amide bonds. The molecular weight excluding hydrogens is 244 g/mol. The lowest BCUT2D eigenvalue weighted by Gasteiger charge is -2.27. The van der Waals surface area contributed by atoms with Crippen LogP contribution >= 0.6 is 0 Å². The average Bonchev–Trinajstić information content (AvgIpc) is 2.47. The van der Waals surface area contributed by atoms with E-state index in [1.807, 2.05) is 0 Å². The zero-order valence-corrected chi connectivity index (χ0v) is 13.5. The predicted molar refractivity (Wildman–Crippen MR) is 85.7 cm³/mol. The van der Waals surface area contributed by atoms with Crippen LogP contribution in [0.1, 0.15) is 90.4 Å². The van der Waals surface area contributed by atoms with Crippen molar-refractivity contribution in [1.82, 2.24) is 0 Å². The third-order valence-electron chi connectivity index (χ3n) is 5.79. The Kier molecular flexibility index (Phi) is 7.10. The van der Waals surface area contributed by atoms with Gasteiger partial charge in [0.2, 0.25) is 0 Å². The summed E-state index contributed by atoms with van der Waals surface area (Å²) >= 11 is 0. The van der Waals surface area contributed by atoms with Gasteiger partial charge in [0.25, 0.3) is 0 Å². The number of unbranched alkanes of at least 4 members (excludes halogenated alkanes) is 2. The van der Waals surface area contributed by atoms with Gasteiger partial charge in [-0.2, -0.15) is 0 Å². The molecule has 0 radical (unpaired) electrons. The summed E-state index contributed by atoms with van der Waals surface area (Å²) in [4.78, 5) is 10.9. The van der Waals surface area contributed by atoms with Crippen LogP contribution in [0, 0.1) is 23.7 Å². The molecule has 0 N–H and O–H groups in total. The summed E-state index contributed by atoms with van der Waals surface area (Å²) in [6, 6.07) is 0. The summed E-state index contributed by atoms with van der Waals surface area (Å²) in [5.74, 6) is 3.26. The minimum absolute atomic E-state index is 0.387. The molecule has 2 saturated carbocycles. The SMILES string of the molecule is CC1CCCC(CCCCCC2CCCC(C=O)C2)C1. The number of carbonyl (C=O) groups excluding carboxylic acids is 1. The molecule has 2 fully saturated rings. The van der Waals surface area contributed by atoms with Gasteiger partial charge < -0.3 is 4.79 Å². The maximum atomic E-state index is 10.9. The van der Waals surface area contributed by atoms with E-state index in [-0.39, 0.29) is 0 Å². The minimum atomic E-state index is 0.387. The summed E-state index contributed by atoms with van der Waals surface area (Å²) in [5, 5.41) is 0. The summed E-state index contributed by atoms with van der Waals surface area (Å²) in [5.41, 5.74) is 0. The summed E-state index contributed by atoms with van der Waals surface area (Å²) in [6.07, 6.45) is 19.3. The van der Waals surface area contributed by atoms with Gasteiger partial charge in [0.1, 0.15) is 6.29 Å². The average molecular weight is 278 g/mol. The van der Waals surface area contributed by atoms with Gasteiger partial charge in [-0.1, -0.05) is 71.1 Å². The maximum Gasteiger partial charge on any atom is 0.123 e. The van der Waals surface area contributed by atoms with E-state index in [9.17, 15) is 4.79 Å². The minimum Gasteiger partial charge on any atom is -0.303 e. The van der Waals surface area contributed by atoms with Crippen molar-refractivity contribution in [3.63, 3.8) is 0 Å². The molecule has 0 bridgehead atoms. The molecule has 0 aromatic rings. The molecule has 4 atom stereocenters. The first-order valence-corrected chi connectivity index (χ1v) is 9.23. The number of aldehydes is 1. The summed E-state index contributed by atoms with van der Waals surface area (Å²) < 4.78 is 0. The quantitative estimate of drug-likeness (QED) is 0.427. The van der Waals surface area contributed by atoms with E-state index in [1.54, 1.807) is 0 Å². The monoisotopic (exact) mass is 278 g/mol. The van der Waals surface area contributed by atoms with Crippen molar-refractivity contribution >= 4 is 6.29 Å². The number of hydrogen-bond acceptors (Lipinski definition) is 1. The van der Waals surface area contributed by atoms with Gasteiger partial charge >= 0.3 is 0 Å². The van der Waals surface area contributed by atoms with Crippen LogP contribution in [0.25, 0.3) is 0 Å². The molecule has 1 nitrogen and oxygen atoms in total. The van der Waals surface area contributed by atoms with E-state index in [2.05, 4.69) is 6.92 Å². The van der Waals surface area contributed by atoms with E-state index >= 15 is 0 Å². The van der Waals surface area contributed by atoms with Crippen LogP contribution in [0.15, 0.2) is 0 Å². The molecule has 2 aliphatic carbocycles. The molecule has 0 saturated heterocycles. The van der Waals surface area contributed by atoms with Gasteiger partial charge in [0.15, 0.2) is 0 Å². The van der Waals surface area contributed by atoms with Crippen molar-refractivity contribution < 1.29 is 4.79 Å². The van der Waals surface area contributed by atoms with Crippen LogP contribution in [0.5, 0.6) is 0 Å². The van der Waals surface area contributed by atoms with Crippen molar-refractivity contribution in [2.45, 2.75) is 90.4 Å². The maximum absolute atomic E-state index is 10.9. The topological polar surface area (TPSA) is 17.1 Å². The molecule has 0 aromatic heterocycles. The highest BCUT2D eigenvalue weighted by molar-refractivity contribution is 5.53. The van der Waals surface area contributed by atoms with Crippen LogP contribution in [-0.2, 0) is 4.79 Å². The van der Waals surface area contributed by atoms with Gasteiger partial charge in [0.05, 0.1) is 0 Å². The fraction of sp³-hybridized carbons (Fsp3) is 0.947. The summed E-state index contributed by atoms with van der Waals surface area (Å²) in [6.45, 7) is 2.43. The first-order valence-electron chi connectivity index (χ1n) is 9.23. The van der Waals surface area contributed by atoms with Crippen molar-refractivity contribution in [3.8, 4) is 0 Å². The highest BCUT2D eigenvalue weighted by Crippen LogP contribution is 2.33. The van der Waals surface area contributed by atoms with Gasteiger partial charge in [-0.3, -0.25) is 0 Å². The molecule has 0 aromatic carbocycles. The standard InChI is InChI=1S/C19H34O/c1-16-7-5-10-17(13-16)8-3-2-4-9-18-11-6-12-19(14-18)15-20/h15-19H,2-14H2,1H3. The third-order valence-corrected chi connectivity index (χ3v) is 5.79. The second-order valence-corrected chi connectivity index (χ2v) is 7.70. The lowest BCUT2D eigenvalue weighted by atomic mass is 9.78. The highest BCUT2D eigenvalue weighted by Gasteiger charge is 2.21. The molecule has 116 valence electrons. The Labute approximate surface area is 125 Å². The fourth-order valence-corrected chi connectivity index (χ4v) is 4.58. The highest BCUT2D eigenvalue weighted by atomic mass is 16.1. The molecule has 1 heteroatoms. The van der Waals surface area contributed by atoms with E-state index < -0.39 is 0 Å². The number of rotatable bonds is 7. The lowest BCUT2D eigenvalue weighted by Crippen LogP contribution is -2.16. The fourth-order valence-electron chi connectivity index (χ4n) is 4.58. The van der Waals surface area contributed by atoms with Gasteiger partial charge in [-0.05, 0) is 37.0 Å². The molecule has 2 rings (SSSR count). The predicted octanol–water partition coefficient (Wildman–Crippen LogP) is 5.77. The smallest absolute Gasteiger partial charge is 0.123 e. The molecule has 20 heavy (non-hydrogen) atoms. The Hall–Kier alpha value is -0.330. The normalized spacial score (nSPS) is 34.9. The molecule has 0 spiro atoms. The van der Waals surface area contributed by atoms with Crippen LogP contribution in [0.3, 0.4) is 0 Å². The van der Waals surface area contributed by atoms with Crippen LogP contribution < -0.4 is 0 Å². The van der Waals surface area contributed by atoms with E-state index in [1.165, 1.54) is 83.3 Å². The van der Waals surface area contributed by atoms with Crippen molar-refractivity contribution in [1.29, 1.82) is 0 Å². The van der Waals surface area contributed by atoms with Gasteiger partial charge in [-0.15, -0.1) is 0 Å². The molecular formula is C19H34O.